The van der Waals surface area contributed by atoms with E-state index in [1.165, 1.54) is 0 Å². The van der Waals surface area contributed by atoms with E-state index in [0.717, 1.165) is 10.0 Å². The molecule has 1 nitrogen and oxygen atoms in total. The predicted octanol–water partition coefficient (Wildman–Crippen LogP) is 5.33. The minimum Gasteiger partial charge on any atom is -0.487 e. The van der Waals surface area contributed by atoms with Gasteiger partial charge < -0.3 is 4.74 Å². The van der Waals surface area contributed by atoms with Gasteiger partial charge in [0.25, 0.3) is 0 Å². The fraction of sp³-hybridized carbons (Fsp3) is 0.0769. The van der Waals surface area contributed by atoms with Crippen LogP contribution in [0.2, 0.25) is 10.0 Å². The molecule has 0 radical (unpaired) electrons. The number of benzene rings is 2. The summed E-state index contributed by atoms with van der Waals surface area (Å²) in [5, 5.41) is 1.32. The zero-order valence-corrected chi connectivity index (χ0v) is 11.9. The van der Waals surface area contributed by atoms with Crippen LogP contribution in [0.15, 0.2) is 46.9 Å². The van der Waals surface area contributed by atoms with Crippen LogP contribution in [0.5, 0.6) is 5.75 Å². The lowest BCUT2D eigenvalue weighted by atomic mass is 10.2. The van der Waals surface area contributed by atoms with E-state index in [4.69, 9.17) is 27.9 Å². The molecule has 0 unspecified atom stereocenters. The normalized spacial score (nSPS) is 10.3. The van der Waals surface area contributed by atoms with Crippen LogP contribution in [0, 0.1) is 0 Å². The molecular weight excluding hydrogens is 323 g/mol. The maximum Gasteiger partial charge on any atom is 0.139 e. The first-order chi connectivity index (χ1) is 8.15. The number of halogens is 3. The van der Waals surface area contributed by atoms with Gasteiger partial charge in [-0.05, 0) is 35.9 Å². The van der Waals surface area contributed by atoms with E-state index in [1.54, 1.807) is 6.07 Å². The minimum atomic E-state index is 0.466. The maximum absolute atomic E-state index is 6.02. The second-order valence-corrected chi connectivity index (χ2v) is 5.25. The van der Waals surface area contributed by atoms with Crippen molar-refractivity contribution in [3.8, 4) is 5.75 Å². The van der Waals surface area contributed by atoms with E-state index >= 15 is 0 Å². The summed E-state index contributed by atoms with van der Waals surface area (Å²) in [5.41, 5.74) is 1.05. The molecule has 0 aliphatic heterocycles. The van der Waals surface area contributed by atoms with Crippen LogP contribution in [-0.4, -0.2) is 0 Å². The lowest BCUT2D eigenvalue weighted by Crippen LogP contribution is -1.95. The van der Waals surface area contributed by atoms with Crippen molar-refractivity contribution in [3.63, 3.8) is 0 Å². The standard InChI is InChI=1S/C13H9BrCl2O/c14-10-3-6-12(16)13(7-10)17-8-9-1-4-11(15)5-2-9/h1-7H,8H2. The highest BCUT2D eigenvalue weighted by Crippen LogP contribution is 2.28. The summed E-state index contributed by atoms with van der Waals surface area (Å²) in [6, 6.07) is 13.0. The Morgan fingerprint density at radius 1 is 1.00 bits per heavy atom. The molecular formula is C13H9BrCl2O. The summed E-state index contributed by atoms with van der Waals surface area (Å²) < 4.78 is 6.58. The van der Waals surface area contributed by atoms with E-state index in [1.807, 2.05) is 36.4 Å². The molecule has 0 aliphatic rings. The fourth-order valence-electron chi connectivity index (χ4n) is 1.33. The second kappa shape index (κ2) is 5.76. The van der Waals surface area contributed by atoms with Crippen LogP contribution < -0.4 is 4.74 Å². The molecule has 2 rings (SSSR count). The van der Waals surface area contributed by atoms with Gasteiger partial charge in [0.05, 0.1) is 5.02 Å². The van der Waals surface area contributed by atoms with Gasteiger partial charge in [0.15, 0.2) is 0 Å². The van der Waals surface area contributed by atoms with Gasteiger partial charge in [-0.2, -0.15) is 0 Å². The predicted molar refractivity (Wildman–Crippen MR) is 74.9 cm³/mol. The molecule has 0 saturated heterocycles. The summed E-state index contributed by atoms with van der Waals surface area (Å²) in [6.45, 7) is 0.466. The molecule has 0 atom stereocenters. The minimum absolute atomic E-state index is 0.466. The van der Waals surface area contributed by atoms with Crippen LogP contribution >= 0.6 is 39.1 Å². The highest BCUT2D eigenvalue weighted by atomic mass is 79.9. The number of ether oxygens (including phenoxy) is 1. The van der Waals surface area contributed by atoms with E-state index in [9.17, 15) is 0 Å². The molecule has 0 amide bonds. The summed E-state index contributed by atoms with van der Waals surface area (Å²) in [7, 11) is 0. The van der Waals surface area contributed by atoms with Crippen molar-refractivity contribution in [2.45, 2.75) is 6.61 Å². The summed E-state index contributed by atoms with van der Waals surface area (Å²) in [6.07, 6.45) is 0. The molecule has 0 fully saturated rings. The Bertz CT molecular complexity index is 511. The Labute approximate surface area is 118 Å². The third-order valence-electron chi connectivity index (χ3n) is 2.20. The van der Waals surface area contributed by atoms with Crippen molar-refractivity contribution in [2.75, 3.05) is 0 Å². The number of hydrogen-bond acceptors (Lipinski definition) is 1. The first kappa shape index (κ1) is 12.7. The van der Waals surface area contributed by atoms with Gasteiger partial charge >= 0.3 is 0 Å². The van der Waals surface area contributed by atoms with Gasteiger partial charge in [-0.15, -0.1) is 0 Å². The Morgan fingerprint density at radius 2 is 1.71 bits per heavy atom. The molecule has 0 aliphatic carbocycles. The summed E-state index contributed by atoms with van der Waals surface area (Å²) in [5.74, 6) is 0.663. The molecule has 0 spiro atoms. The monoisotopic (exact) mass is 330 g/mol. The largest absolute Gasteiger partial charge is 0.487 e. The quantitative estimate of drug-likeness (QED) is 0.738. The van der Waals surface area contributed by atoms with Gasteiger partial charge in [-0.3, -0.25) is 0 Å². The zero-order valence-electron chi connectivity index (χ0n) is 8.79. The lowest BCUT2D eigenvalue weighted by molar-refractivity contribution is 0.306. The lowest BCUT2D eigenvalue weighted by Gasteiger charge is -2.08. The number of hydrogen-bond donors (Lipinski definition) is 0. The molecule has 17 heavy (non-hydrogen) atoms. The van der Waals surface area contributed by atoms with Crippen LogP contribution in [0.4, 0.5) is 0 Å². The van der Waals surface area contributed by atoms with Gasteiger partial charge in [0.2, 0.25) is 0 Å². The Hall–Kier alpha value is -0.700. The number of rotatable bonds is 3. The SMILES string of the molecule is Clc1ccc(COc2cc(Br)ccc2Cl)cc1. The van der Waals surface area contributed by atoms with Gasteiger partial charge in [-0.25, -0.2) is 0 Å². The zero-order chi connectivity index (χ0) is 12.3. The highest BCUT2D eigenvalue weighted by Gasteiger charge is 2.02. The molecule has 4 heteroatoms. The molecule has 0 N–H and O–H groups in total. The molecule has 0 aromatic heterocycles. The van der Waals surface area contributed by atoms with Crippen molar-refractivity contribution in [3.05, 3.63) is 62.5 Å². The third-order valence-corrected chi connectivity index (χ3v) is 3.26. The first-order valence-electron chi connectivity index (χ1n) is 4.97. The average molecular weight is 332 g/mol. The smallest absolute Gasteiger partial charge is 0.139 e. The summed E-state index contributed by atoms with van der Waals surface area (Å²) in [4.78, 5) is 0. The molecule has 0 saturated carbocycles. The van der Waals surface area contributed by atoms with Crippen molar-refractivity contribution >= 4 is 39.1 Å². The molecule has 88 valence electrons. The maximum atomic E-state index is 6.02. The molecule has 2 aromatic carbocycles. The van der Waals surface area contributed by atoms with E-state index in [0.29, 0.717) is 22.4 Å². The van der Waals surface area contributed by atoms with Gasteiger partial charge in [-0.1, -0.05) is 51.3 Å². The second-order valence-electron chi connectivity index (χ2n) is 3.49. The van der Waals surface area contributed by atoms with E-state index in [-0.39, 0.29) is 0 Å². The van der Waals surface area contributed by atoms with E-state index in [2.05, 4.69) is 15.9 Å². The average Bonchev–Trinajstić information content (AvgIpc) is 2.32. The van der Waals surface area contributed by atoms with Crippen LogP contribution in [0.1, 0.15) is 5.56 Å². The van der Waals surface area contributed by atoms with Crippen molar-refractivity contribution in [1.82, 2.24) is 0 Å². The van der Waals surface area contributed by atoms with Crippen LogP contribution in [0.25, 0.3) is 0 Å². The highest BCUT2D eigenvalue weighted by molar-refractivity contribution is 9.10. The topological polar surface area (TPSA) is 9.23 Å². The fourth-order valence-corrected chi connectivity index (χ4v) is 1.97. The van der Waals surface area contributed by atoms with Gasteiger partial charge in [0.1, 0.15) is 12.4 Å². The van der Waals surface area contributed by atoms with Crippen molar-refractivity contribution < 1.29 is 4.74 Å². The third kappa shape index (κ3) is 3.63. The molecule has 0 heterocycles. The van der Waals surface area contributed by atoms with E-state index < -0.39 is 0 Å². The molecule has 2 aromatic rings. The Morgan fingerprint density at radius 3 is 2.41 bits per heavy atom. The van der Waals surface area contributed by atoms with Crippen molar-refractivity contribution in [1.29, 1.82) is 0 Å². The Balaban J connectivity index is 2.07. The summed E-state index contributed by atoms with van der Waals surface area (Å²) >= 11 is 15.2. The van der Waals surface area contributed by atoms with Gasteiger partial charge in [0, 0.05) is 9.50 Å². The first-order valence-corrected chi connectivity index (χ1v) is 6.52. The molecule has 0 bridgehead atoms. The van der Waals surface area contributed by atoms with Crippen LogP contribution in [0.3, 0.4) is 0 Å². The van der Waals surface area contributed by atoms with Crippen LogP contribution in [-0.2, 0) is 6.61 Å². The van der Waals surface area contributed by atoms with Crippen molar-refractivity contribution in [2.24, 2.45) is 0 Å². The Kier molecular flexibility index (Phi) is 4.32.